The normalized spacial score (nSPS) is 13.0. The van der Waals surface area contributed by atoms with Crippen LogP contribution in [0.2, 0.25) is 5.02 Å². The van der Waals surface area contributed by atoms with Crippen molar-refractivity contribution in [2.45, 2.75) is 25.3 Å². The molecule has 154 valence electrons. The highest BCUT2D eigenvalue weighted by molar-refractivity contribution is 6.35. The standard InChI is InChI=1S/C21H24ClN3O4/c1-5-11-25(12-14-7-6-8-15(27-2)18(14)28-3)20-16(22)17(21(26)29-4)23-19(24-20)13-9-10-13/h5-8,13H,1,9-12H2,2-4H3. The summed E-state index contributed by atoms with van der Waals surface area (Å²) in [6, 6.07) is 5.66. The molecule has 0 saturated heterocycles. The summed E-state index contributed by atoms with van der Waals surface area (Å²) in [5.74, 6) is 1.99. The Kier molecular flexibility index (Phi) is 6.59. The summed E-state index contributed by atoms with van der Waals surface area (Å²) in [5.41, 5.74) is 0.962. The van der Waals surface area contributed by atoms with E-state index in [1.54, 1.807) is 20.3 Å². The van der Waals surface area contributed by atoms with Gasteiger partial charge in [-0.2, -0.15) is 0 Å². The lowest BCUT2D eigenvalue weighted by Crippen LogP contribution is -2.26. The first-order valence-electron chi connectivity index (χ1n) is 9.25. The van der Waals surface area contributed by atoms with Gasteiger partial charge < -0.3 is 19.1 Å². The zero-order valence-corrected chi connectivity index (χ0v) is 17.5. The Morgan fingerprint density at radius 2 is 2.03 bits per heavy atom. The van der Waals surface area contributed by atoms with Gasteiger partial charge in [0.2, 0.25) is 0 Å². The van der Waals surface area contributed by atoms with Crippen LogP contribution in [0.3, 0.4) is 0 Å². The number of methoxy groups -OCH3 is 3. The minimum absolute atomic E-state index is 0.0766. The molecule has 0 atom stereocenters. The molecule has 1 aromatic carbocycles. The first-order chi connectivity index (χ1) is 14.0. The molecule has 1 aliphatic carbocycles. The predicted molar refractivity (Wildman–Crippen MR) is 111 cm³/mol. The average molecular weight is 418 g/mol. The predicted octanol–water partition coefficient (Wildman–Crippen LogP) is 4.00. The van der Waals surface area contributed by atoms with E-state index >= 15 is 0 Å². The second kappa shape index (κ2) is 9.13. The Morgan fingerprint density at radius 1 is 1.28 bits per heavy atom. The van der Waals surface area contributed by atoms with Gasteiger partial charge in [0, 0.05) is 24.6 Å². The van der Waals surface area contributed by atoms with E-state index in [4.69, 9.17) is 25.8 Å². The summed E-state index contributed by atoms with van der Waals surface area (Å²) >= 11 is 6.55. The number of nitrogens with zero attached hydrogens (tertiary/aromatic N) is 3. The Hall–Kier alpha value is -2.80. The first kappa shape index (κ1) is 20.9. The third kappa shape index (κ3) is 4.45. The van der Waals surface area contributed by atoms with Crippen LogP contribution in [0.1, 0.15) is 40.6 Å². The number of benzene rings is 1. The minimum atomic E-state index is -0.585. The van der Waals surface area contributed by atoms with Crippen molar-refractivity contribution in [3.05, 3.63) is 53.0 Å². The van der Waals surface area contributed by atoms with Crippen LogP contribution in [0.25, 0.3) is 0 Å². The number of ether oxygens (including phenoxy) is 3. The van der Waals surface area contributed by atoms with Gasteiger partial charge in [0.05, 0.1) is 21.3 Å². The van der Waals surface area contributed by atoms with Gasteiger partial charge in [-0.15, -0.1) is 6.58 Å². The molecule has 8 heteroatoms. The molecular weight excluding hydrogens is 394 g/mol. The maximum Gasteiger partial charge on any atom is 0.358 e. The molecule has 1 fully saturated rings. The number of halogens is 1. The quantitative estimate of drug-likeness (QED) is 0.451. The summed E-state index contributed by atoms with van der Waals surface area (Å²) < 4.78 is 15.8. The van der Waals surface area contributed by atoms with Crippen molar-refractivity contribution >= 4 is 23.4 Å². The molecule has 1 aromatic heterocycles. The number of esters is 1. The van der Waals surface area contributed by atoms with E-state index in [0.29, 0.717) is 36.2 Å². The second-order valence-electron chi connectivity index (χ2n) is 6.66. The molecule has 3 rings (SSSR count). The zero-order chi connectivity index (χ0) is 21.0. The molecule has 7 nitrogen and oxygen atoms in total. The van der Waals surface area contributed by atoms with Gasteiger partial charge in [-0.25, -0.2) is 14.8 Å². The van der Waals surface area contributed by atoms with Crippen molar-refractivity contribution in [3.63, 3.8) is 0 Å². The highest BCUT2D eigenvalue weighted by Gasteiger charge is 2.31. The summed E-state index contributed by atoms with van der Waals surface area (Å²) in [6.07, 6.45) is 3.74. The fourth-order valence-corrected chi connectivity index (χ4v) is 3.36. The van der Waals surface area contributed by atoms with Gasteiger partial charge in [0.25, 0.3) is 0 Å². The average Bonchev–Trinajstić information content (AvgIpc) is 3.58. The lowest BCUT2D eigenvalue weighted by Gasteiger charge is -2.25. The molecule has 0 N–H and O–H groups in total. The Bertz CT molecular complexity index is 915. The van der Waals surface area contributed by atoms with Crippen molar-refractivity contribution in [1.29, 1.82) is 0 Å². The molecule has 0 aliphatic heterocycles. The molecule has 0 unspecified atom stereocenters. The van der Waals surface area contributed by atoms with Crippen molar-refractivity contribution in [2.24, 2.45) is 0 Å². The maximum atomic E-state index is 12.2. The number of para-hydroxylation sites is 1. The lowest BCUT2D eigenvalue weighted by atomic mass is 10.1. The topological polar surface area (TPSA) is 73.8 Å². The number of rotatable bonds is 9. The van der Waals surface area contributed by atoms with E-state index in [2.05, 4.69) is 16.5 Å². The third-order valence-electron chi connectivity index (χ3n) is 4.67. The van der Waals surface area contributed by atoms with Crippen LogP contribution < -0.4 is 14.4 Å². The van der Waals surface area contributed by atoms with Crippen LogP contribution in [-0.2, 0) is 11.3 Å². The van der Waals surface area contributed by atoms with Crippen molar-refractivity contribution in [3.8, 4) is 11.5 Å². The summed E-state index contributed by atoms with van der Waals surface area (Å²) in [5, 5.41) is 0.157. The SMILES string of the molecule is C=CCN(Cc1cccc(OC)c1OC)c1nc(C2CC2)nc(C(=O)OC)c1Cl. The molecule has 1 saturated carbocycles. The smallest absolute Gasteiger partial charge is 0.358 e. The monoisotopic (exact) mass is 417 g/mol. The summed E-state index contributed by atoms with van der Waals surface area (Å²) in [7, 11) is 4.49. The van der Waals surface area contributed by atoms with Crippen LogP contribution in [0.5, 0.6) is 11.5 Å². The van der Waals surface area contributed by atoms with Crippen LogP contribution in [-0.4, -0.2) is 43.8 Å². The van der Waals surface area contributed by atoms with Crippen molar-refractivity contribution in [2.75, 3.05) is 32.8 Å². The van der Waals surface area contributed by atoms with E-state index in [0.717, 1.165) is 18.4 Å². The van der Waals surface area contributed by atoms with Crippen molar-refractivity contribution < 1.29 is 19.0 Å². The van der Waals surface area contributed by atoms with Gasteiger partial charge in [-0.05, 0) is 18.9 Å². The van der Waals surface area contributed by atoms with E-state index in [1.807, 2.05) is 23.1 Å². The van der Waals surface area contributed by atoms with E-state index in [1.165, 1.54) is 7.11 Å². The molecule has 0 radical (unpaired) electrons. The summed E-state index contributed by atoms with van der Waals surface area (Å²) in [4.78, 5) is 23.2. The fourth-order valence-electron chi connectivity index (χ4n) is 3.08. The van der Waals surface area contributed by atoms with E-state index in [-0.39, 0.29) is 16.6 Å². The van der Waals surface area contributed by atoms with Crippen molar-refractivity contribution in [1.82, 2.24) is 9.97 Å². The van der Waals surface area contributed by atoms with E-state index < -0.39 is 5.97 Å². The first-order valence-corrected chi connectivity index (χ1v) is 9.63. The second-order valence-corrected chi connectivity index (χ2v) is 7.03. The van der Waals surface area contributed by atoms with Gasteiger partial charge in [-0.3, -0.25) is 0 Å². The third-order valence-corrected chi connectivity index (χ3v) is 5.02. The Balaban J connectivity index is 2.06. The number of carbonyl (C=O) groups excluding carboxylic acids is 1. The van der Waals surface area contributed by atoms with E-state index in [9.17, 15) is 4.79 Å². The molecule has 0 bridgehead atoms. The molecule has 2 aromatic rings. The molecule has 0 amide bonds. The van der Waals surface area contributed by atoms with Crippen LogP contribution >= 0.6 is 11.6 Å². The molecule has 0 spiro atoms. The number of hydrogen-bond donors (Lipinski definition) is 0. The fraction of sp³-hybridized carbons (Fsp3) is 0.381. The van der Waals surface area contributed by atoms with Crippen LogP contribution in [0.4, 0.5) is 5.82 Å². The highest BCUT2D eigenvalue weighted by Crippen LogP contribution is 2.41. The molecular formula is C21H24ClN3O4. The van der Waals surface area contributed by atoms with Crippen LogP contribution in [0.15, 0.2) is 30.9 Å². The largest absolute Gasteiger partial charge is 0.493 e. The molecule has 1 aliphatic rings. The number of carbonyl (C=O) groups is 1. The van der Waals surface area contributed by atoms with Gasteiger partial charge in [0.15, 0.2) is 23.0 Å². The Morgan fingerprint density at radius 3 is 2.62 bits per heavy atom. The molecule has 29 heavy (non-hydrogen) atoms. The summed E-state index contributed by atoms with van der Waals surface area (Å²) in [6.45, 7) is 4.73. The van der Waals surface area contributed by atoms with Gasteiger partial charge in [0.1, 0.15) is 10.8 Å². The zero-order valence-electron chi connectivity index (χ0n) is 16.8. The number of hydrogen-bond acceptors (Lipinski definition) is 7. The Labute approximate surface area is 175 Å². The molecule has 1 heterocycles. The maximum absolute atomic E-state index is 12.2. The van der Waals surface area contributed by atoms with Gasteiger partial charge in [-0.1, -0.05) is 29.8 Å². The lowest BCUT2D eigenvalue weighted by molar-refractivity contribution is 0.0593. The minimum Gasteiger partial charge on any atom is -0.493 e. The van der Waals surface area contributed by atoms with Crippen LogP contribution in [0, 0.1) is 0 Å². The van der Waals surface area contributed by atoms with Gasteiger partial charge >= 0.3 is 5.97 Å². The number of aromatic nitrogens is 2. The highest BCUT2D eigenvalue weighted by atomic mass is 35.5. The number of anilines is 1.